The van der Waals surface area contributed by atoms with Gasteiger partial charge in [-0.3, -0.25) is 24.0 Å². The highest BCUT2D eigenvalue weighted by Gasteiger charge is 2.47. The molecule has 6 rings (SSSR count). The number of hydrogen-bond acceptors (Lipinski definition) is 13. The van der Waals surface area contributed by atoms with Crippen molar-refractivity contribution in [3.63, 3.8) is 0 Å². The average Bonchev–Trinajstić information content (AvgIpc) is 4.09. The van der Waals surface area contributed by atoms with Gasteiger partial charge in [0, 0.05) is 61.5 Å². The van der Waals surface area contributed by atoms with E-state index < -0.39 is 41.1 Å². The second-order valence-electron chi connectivity index (χ2n) is 21.2. The first-order valence-corrected chi connectivity index (χ1v) is 26.5. The number of nitrogens with one attached hydrogen (secondary N) is 4. The number of likely N-dealkylation sites (tertiary alicyclic amines) is 2. The van der Waals surface area contributed by atoms with E-state index in [0.29, 0.717) is 13.1 Å². The quantitative estimate of drug-likeness (QED) is 0.0747. The van der Waals surface area contributed by atoms with Crippen LogP contribution in [0.2, 0.25) is 0 Å². The minimum absolute atomic E-state index is 0.0478. The third-order valence-corrected chi connectivity index (χ3v) is 15.4. The van der Waals surface area contributed by atoms with E-state index in [1.807, 2.05) is 122 Å². The molecule has 15 nitrogen and oxygen atoms in total. The molecule has 0 bridgehead atoms. The highest BCUT2D eigenvalue weighted by Crippen LogP contribution is 2.40. The molecule has 2 aliphatic heterocycles. The second-order valence-corrected chi connectivity index (χ2v) is 25.4. The zero-order valence-electron chi connectivity index (χ0n) is 43.0. The minimum atomic E-state index is -0.849. The number of aromatic nitrogens is 2. The Morgan fingerprint density at radius 2 is 1.09 bits per heavy atom. The molecule has 2 aromatic carbocycles. The lowest BCUT2D eigenvalue weighted by Crippen LogP contribution is -2.60. The van der Waals surface area contributed by atoms with Crippen LogP contribution in [-0.2, 0) is 37.1 Å². The maximum atomic E-state index is 13.7. The van der Waals surface area contributed by atoms with Crippen LogP contribution in [0.5, 0.6) is 0 Å². The lowest BCUT2D eigenvalue weighted by Gasteiger charge is -2.40. The van der Waals surface area contributed by atoms with Gasteiger partial charge in [-0.2, -0.15) is 0 Å². The van der Waals surface area contributed by atoms with Gasteiger partial charge in [0.05, 0.1) is 50.4 Å². The average molecular weight is 1020 g/mol. The van der Waals surface area contributed by atoms with E-state index >= 15 is 0 Å². The van der Waals surface area contributed by atoms with Crippen molar-refractivity contribution in [1.82, 2.24) is 41.0 Å². The highest BCUT2D eigenvalue weighted by atomic mass is 32.2. The molecule has 0 aliphatic carbocycles. The Bertz CT molecular complexity index is 2420. The number of amides is 5. The van der Waals surface area contributed by atoms with E-state index in [-0.39, 0.29) is 71.7 Å². The summed E-state index contributed by atoms with van der Waals surface area (Å²) in [7, 11) is 0. The summed E-state index contributed by atoms with van der Waals surface area (Å²) in [5, 5.41) is 32.7. The van der Waals surface area contributed by atoms with Crippen molar-refractivity contribution in [3.05, 3.63) is 82.1 Å². The van der Waals surface area contributed by atoms with Gasteiger partial charge in [-0.05, 0) is 55.4 Å². The summed E-state index contributed by atoms with van der Waals surface area (Å²) in [5.41, 5.74) is 9.40. The summed E-state index contributed by atoms with van der Waals surface area (Å²) in [6.07, 6.45) is -1.11. The molecular weight excluding hydrogens is 945 g/mol. The number of hydrogen-bond donors (Lipinski definition) is 6. The predicted octanol–water partition coefficient (Wildman–Crippen LogP) is 6.62. The Labute approximate surface area is 426 Å². The number of carbonyl (C=O) groups is 5. The first kappa shape index (κ1) is 56.2. The molecule has 0 unspecified atom stereocenters. The monoisotopic (exact) mass is 1020 g/mol. The molecule has 0 saturated carbocycles. The number of thiazole rings is 2. The Morgan fingerprint density at radius 3 is 1.41 bits per heavy atom. The van der Waals surface area contributed by atoms with Gasteiger partial charge in [0.1, 0.15) is 18.1 Å². The van der Waals surface area contributed by atoms with Gasteiger partial charge in [-0.25, -0.2) is 9.97 Å². The van der Waals surface area contributed by atoms with Gasteiger partial charge in [-0.15, -0.1) is 34.4 Å². The number of benzene rings is 2. The zero-order chi connectivity index (χ0) is 51.9. The summed E-state index contributed by atoms with van der Waals surface area (Å²) in [5.74, 6) is -1.39. The second kappa shape index (κ2) is 23.7. The van der Waals surface area contributed by atoms with Crippen molar-refractivity contribution in [2.24, 2.45) is 5.41 Å². The molecule has 2 aliphatic rings. The normalized spacial score (nSPS) is 19.3. The number of rotatable bonds is 15. The first-order chi connectivity index (χ1) is 32.6. The van der Waals surface area contributed by atoms with E-state index in [2.05, 4.69) is 52.0 Å². The molecule has 4 heterocycles. The van der Waals surface area contributed by atoms with Gasteiger partial charge in [0.15, 0.2) is 0 Å². The standard InChI is InChI=1S/C27H38N4O4S2.C25H36N4O3S/c1-16-22(36-15-29-16)19-10-8-18(9-11-19)13-28-24(34)21-12-20(33)14-31(21)25(35)23(30-17(2)32)27(6,7)37-26(3,4)5;1-15(2)28-22(25(4,5)6)24(32)29-13-19(30)11-20(29)23(31)26-12-17-7-9-18(10-8-17)21-16(3)27-14-33-21/h8-11,15,20-21,23,33H,12-14H2,1-7H3,(H,28,34)(H,30,32);7-10,14-15,19-20,22,28,30H,11-13H2,1-6H3,(H,26,31)/t20-,21+,23-;19-,20+,22-/m11/s1. The van der Waals surface area contributed by atoms with E-state index in [9.17, 15) is 34.2 Å². The van der Waals surface area contributed by atoms with Crippen LogP contribution in [0.4, 0.5) is 0 Å². The number of nitrogens with zero attached hydrogens (tertiary/aromatic N) is 4. The molecule has 2 aromatic heterocycles. The van der Waals surface area contributed by atoms with Gasteiger partial charge < -0.3 is 41.3 Å². The van der Waals surface area contributed by atoms with Crippen LogP contribution in [0, 0.1) is 19.3 Å². The summed E-state index contributed by atoms with van der Waals surface area (Å²) in [6.45, 7) is 26.2. The molecule has 2 fully saturated rings. The van der Waals surface area contributed by atoms with E-state index in [4.69, 9.17) is 0 Å². The van der Waals surface area contributed by atoms with Crippen LogP contribution < -0.4 is 21.3 Å². The van der Waals surface area contributed by atoms with Crippen molar-refractivity contribution in [2.45, 2.75) is 168 Å². The van der Waals surface area contributed by atoms with Crippen molar-refractivity contribution < 1.29 is 34.2 Å². The van der Waals surface area contributed by atoms with E-state index in [0.717, 1.165) is 43.4 Å². The predicted molar refractivity (Wildman–Crippen MR) is 281 cm³/mol. The highest BCUT2D eigenvalue weighted by molar-refractivity contribution is 8.02. The molecule has 6 N–H and O–H groups in total. The van der Waals surface area contributed by atoms with E-state index in [1.54, 1.807) is 39.3 Å². The Kier molecular flexibility index (Phi) is 19.0. The number of thioether (sulfide) groups is 1. The molecule has 4 aromatic rings. The molecule has 2 saturated heterocycles. The fraction of sp³-hybridized carbons (Fsp3) is 0.558. The number of aliphatic hydroxyl groups excluding tert-OH is 2. The molecule has 6 atom stereocenters. The lowest BCUT2D eigenvalue weighted by molar-refractivity contribution is -0.142. The summed E-state index contributed by atoms with van der Waals surface area (Å²) < 4.78 is -0.802. The van der Waals surface area contributed by atoms with Gasteiger partial charge in [-0.1, -0.05) is 104 Å². The lowest BCUT2D eigenvalue weighted by atomic mass is 9.85. The Hall–Kier alpha value is -4.72. The third-order valence-electron chi connectivity index (χ3n) is 12.1. The van der Waals surface area contributed by atoms with Gasteiger partial charge in [0.25, 0.3) is 0 Å². The summed E-state index contributed by atoms with van der Waals surface area (Å²) in [6, 6.07) is 13.3. The van der Waals surface area contributed by atoms with Crippen molar-refractivity contribution >= 4 is 64.0 Å². The largest absolute Gasteiger partial charge is 0.391 e. The SMILES string of the molecule is CC(=O)N[C@H](C(=O)N1C[C@H](O)C[C@H]1C(=O)NCc1ccc(-c2scnc2C)cc1)C(C)(C)SC(C)(C)C.Cc1ncsc1-c1ccc(CNC(=O)[C@@H]2C[C@@H](O)CN2C(=O)[C@@H](NC(C)C)C(C)(C)C)cc1. The minimum Gasteiger partial charge on any atom is -0.391 e. The molecule has 70 heavy (non-hydrogen) atoms. The fourth-order valence-corrected chi connectivity index (χ4v) is 12.4. The maximum Gasteiger partial charge on any atom is 0.247 e. The molecule has 18 heteroatoms. The number of aryl methyl sites for hydroxylation is 2. The van der Waals surface area contributed by atoms with Crippen LogP contribution in [0.1, 0.15) is 112 Å². The van der Waals surface area contributed by atoms with Crippen molar-refractivity contribution in [1.29, 1.82) is 0 Å². The molecule has 5 amide bonds. The smallest absolute Gasteiger partial charge is 0.247 e. The molecule has 382 valence electrons. The van der Waals surface area contributed by atoms with Crippen molar-refractivity contribution in [3.8, 4) is 20.9 Å². The third kappa shape index (κ3) is 15.2. The number of carbonyl (C=O) groups excluding carboxylic acids is 5. The molecule has 0 radical (unpaired) electrons. The Balaban J connectivity index is 0.000000262. The van der Waals surface area contributed by atoms with Crippen LogP contribution in [0.15, 0.2) is 59.6 Å². The fourth-order valence-electron chi connectivity index (χ4n) is 8.87. The Morgan fingerprint density at radius 1 is 0.686 bits per heavy atom. The first-order valence-electron chi connectivity index (χ1n) is 23.9. The summed E-state index contributed by atoms with van der Waals surface area (Å²) in [4.78, 5) is 79.2. The number of β-amino-alcohol motifs (C(OH)–C–C–N with tert-alkyl or cyclic N) is 2. The van der Waals surface area contributed by atoms with Gasteiger partial charge in [0.2, 0.25) is 29.5 Å². The maximum absolute atomic E-state index is 13.7. The number of aliphatic hydroxyl groups is 2. The van der Waals surface area contributed by atoms with Crippen molar-refractivity contribution in [2.75, 3.05) is 13.1 Å². The van der Waals surface area contributed by atoms with Crippen LogP contribution in [-0.4, -0.2) is 125 Å². The summed E-state index contributed by atoms with van der Waals surface area (Å²) >= 11 is 4.78. The van der Waals surface area contributed by atoms with Crippen LogP contribution in [0.25, 0.3) is 20.9 Å². The zero-order valence-corrected chi connectivity index (χ0v) is 45.5. The molecular formula is C52H74N8O7S3. The topological polar surface area (TPSA) is 206 Å². The van der Waals surface area contributed by atoms with Crippen LogP contribution >= 0.6 is 34.4 Å². The molecule has 0 spiro atoms. The van der Waals surface area contributed by atoms with Gasteiger partial charge >= 0.3 is 0 Å². The van der Waals surface area contributed by atoms with E-state index in [1.165, 1.54) is 11.8 Å². The van der Waals surface area contributed by atoms with Crippen LogP contribution in [0.3, 0.4) is 0 Å².